The molecule has 4 heteroatoms. The van der Waals surface area contributed by atoms with Crippen LogP contribution in [0.5, 0.6) is 5.75 Å². The number of fused-ring (bicyclic) bond motifs is 1. The molecule has 1 aliphatic rings. The van der Waals surface area contributed by atoms with Crippen LogP contribution in [0.25, 0.3) is 0 Å². The van der Waals surface area contributed by atoms with Crippen LogP contribution < -0.4 is 3.79 Å². The molecular weight excluding hydrogens is 183 g/mol. The largest absolute Gasteiger partial charge is 0.884 e. The van der Waals surface area contributed by atoms with E-state index in [0.29, 0.717) is 11.3 Å². The van der Waals surface area contributed by atoms with Crippen molar-refractivity contribution in [2.24, 2.45) is 0 Å². The number of benzene rings is 1. The van der Waals surface area contributed by atoms with Crippen molar-refractivity contribution in [1.29, 1.82) is 0 Å². The second-order valence-corrected chi connectivity index (χ2v) is 3.74. The van der Waals surface area contributed by atoms with Crippen molar-refractivity contribution in [3.8, 4) is 5.75 Å². The lowest BCUT2D eigenvalue weighted by Crippen LogP contribution is -2.22. The van der Waals surface area contributed by atoms with Crippen LogP contribution in [0, 0.1) is 13.8 Å². The zero-order valence-corrected chi connectivity index (χ0v) is 8.61. The molecule has 0 spiro atoms. The highest BCUT2D eigenvalue weighted by atomic mass is 27.2. The average Bonchev–Trinajstić information content (AvgIpc) is 2.07. The quantitative estimate of drug-likeness (QED) is 0.581. The Morgan fingerprint density at radius 1 is 1.23 bits per heavy atom. The zero-order chi connectivity index (χ0) is 9.42. The first kappa shape index (κ1) is 8.61. The van der Waals surface area contributed by atoms with Crippen molar-refractivity contribution in [3.63, 3.8) is 0 Å². The van der Waals surface area contributed by atoms with Gasteiger partial charge in [0.15, 0.2) is 0 Å². The van der Waals surface area contributed by atoms with E-state index < -0.39 is 15.9 Å². The van der Waals surface area contributed by atoms with E-state index in [4.69, 9.17) is 7.58 Å². The van der Waals surface area contributed by atoms with Gasteiger partial charge in [-0.3, -0.25) is 0 Å². The predicted molar refractivity (Wildman–Crippen MR) is 47.7 cm³/mol. The maximum absolute atomic E-state index is 11.3. The van der Waals surface area contributed by atoms with Crippen molar-refractivity contribution in [1.82, 2.24) is 0 Å². The van der Waals surface area contributed by atoms with Gasteiger partial charge in [0.25, 0.3) is 0 Å². The first-order valence-corrected chi connectivity index (χ1v) is 4.93. The smallest absolute Gasteiger partial charge is 0.615 e. The van der Waals surface area contributed by atoms with Gasteiger partial charge in [-0.05, 0) is 31.0 Å². The molecule has 0 amide bonds. The van der Waals surface area contributed by atoms with Crippen LogP contribution in [0.3, 0.4) is 0 Å². The Morgan fingerprint density at radius 2 is 2.00 bits per heavy atom. The zero-order valence-electron chi connectivity index (χ0n) is 7.46. The van der Waals surface area contributed by atoms with Gasteiger partial charge < -0.3 is 7.58 Å². The van der Waals surface area contributed by atoms with Crippen LogP contribution in [0.1, 0.15) is 21.5 Å². The minimum Gasteiger partial charge on any atom is -0.615 e. The summed E-state index contributed by atoms with van der Waals surface area (Å²) in [5.41, 5.74) is 2.60. The first-order chi connectivity index (χ1) is 6.18. The number of hydrogen-bond donors (Lipinski definition) is 0. The third-order valence-electron chi connectivity index (χ3n) is 1.96. The Labute approximate surface area is 83.0 Å². The van der Waals surface area contributed by atoms with Gasteiger partial charge in [-0.2, -0.15) is 0 Å². The number of rotatable bonds is 0. The number of aryl methyl sites for hydroxylation is 2. The molecule has 13 heavy (non-hydrogen) atoms. The molecule has 0 N–H and O–H groups in total. The molecular formula is C9H8AlO3. The van der Waals surface area contributed by atoms with Crippen molar-refractivity contribution in [3.05, 3.63) is 28.8 Å². The number of carbonyl (C=O) groups excluding carboxylic acids is 1. The van der Waals surface area contributed by atoms with E-state index in [1.54, 1.807) is 6.07 Å². The molecule has 1 aliphatic heterocycles. The molecule has 1 aromatic rings. The summed E-state index contributed by atoms with van der Waals surface area (Å²) in [6.07, 6.45) is 0. The van der Waals surface area contributed by atoms with E-state index >= 15 is 0 Å². The fourth-order valence-corrected chi connectivity index (χ4v) is 2.11. The summed E-state index contributed by atoms with van der Waals surface area (Å²) in [7, 11) is 0. The lowest BCUT2D eigenvalue weighted by molar-refractivity contribution is 0.0698. The van der Waals surface area contributed by atoms with Gasteiger partial charge in [0.1, 0.15) is 0 Å². The number of hydrogen-bond acceptors (Lipinski definition) is 3. The van der Waals surface area contributed by atoms with Gasteiger partial charge in [0, 0.05) is 0 Å². The van der Waals surface area contributed by atoms with Crippen LogP contribution in [0.15, 0.2) is 12.1 Å². The lowest BCUT2D eigenvalue weighted by Gasteiger charge is -2.19. The van der Waals surface area contributed by atoms with Gasteiger partial charge in [-0.1, -0.05) is 6.07 Å². The summed E-state index contributed by atoms with van der Waals surface area (Å²) in [5, 5.41) is 0. The lowest BCUT2D eigenvalue weighted by atomic mass is 10.1. The maximum atomic E-state index is 11.3. The van der Waals surface area contributed by atoms with Gasteiger partial charge in [0.05, 0.1) is 11.3 Å². The third kappa shape index (κ3) is 1.43. The van der Waals surface area contributed by atoms with E-state index in [-0.39, 0.29) is 5.97 Å². The number of carbonyl (C=O) groups is 1. The highest BCUT2D eigenvalue weighted by molar-refractivity contribution is 6.27. The fourth-order valence-electron chi connectivity index (χ4n) is 1.44. The Hall–Kier alpha value is -0.978. The van der Waals surface area contributed by atoms with Crippen LogP contribution in [0.2, 0.25) is 0 Å². The summed E-state index contributed by atoms with van der Waals surface area (Å²) in [5.74, 6) is 0.430. The second kappa shape index (κ2) is 3.06. The summed E-state index contributed by atoms with van der Waals surface area (Å²) < 4.78 is 10.2. The van der Waals surface area contributed by atoms with E-state index in [1.165, 1.54) is 0 Å². The second-order valence-electron chi connectivity index (χ2n) is 3.08. The Kier molecular flexibility index (Phi) is 2.03. The Morgan fingerprint density at radius 3 is 2.77 bits per heavy atom. The summed E-state index contributed by atoms with van der Waals surface area (Å²) >= 11 is -0.669. The highest BCUT2D eigenvalue weighted by Crippen LogP contribution is 2.28. The van der Waals surface area contributed by atoms with Crippen LogP contribution in [-0.2, 0) is 3.79 Å². The molecule has 1 radical (unpaired) electrons. The molecule has 1 heterocycles. The standard InChI is InChI=1S/C9H10O3.Al/c1-5-3-6(2)8(10)7(4-5)9(11)12;/h3-4,10H,1-2H3,(H,11,12);/q;+2/p-2. The van der Waals surface area contributed by atoms with Crippen molar-refractivity contribution in [2.75, 3.05) is 0 Å². The Bertz CT molecular complexity index is 373. The third-order valence-corrected chi connectivity index (χ3v) is 2.60. The van der Waals surface area contributed by atoms with E-state index in [0.717, 1.165) is 11.1 Å². The summed E-state index contributed by atoms with van der Waals surface area (Å²) in [6.45, 7) is 3.88. The molecule has 0 atom stereocenters. The minimum absolute atomic E-state index is 0.261. The first-order valence-electron chi connectivity index (χ1n) is 3.99. The molecule has 0 unspecified atom stereocenters. The van der Waals surface area contributed by atoms with Gasteiger partial charge >= 0.3 is 21.9 Å². The van der Waals surface area contributed by atoms with Crippen molar-refractivity contribution < 1.29 is 12.4 Å². The molecule has 0 fully saturated rings. The fraction of sp³-hybridized carbons (Fsp3) is 0.222. The van der Waals surface area contributed by atoms with Gasteiger partial charge in [-0.25, -0.2) is 4.79 Å². The monoisotopic (exact) mass is 191 g/mol. The van der Waals surface area contributed by atoms with Crippen LogP contribution >= 0.6 is 0 Å². The normalized spacial score (nSPS) is 13.8. The van der Waals surface area contributed by atoms with E-state index in [9.17, 15) is 4.79 Å². The van der Waals surface area contributed by atoms with Crippen molar-refractivity contribution >= 4 is 21.9 Å². The molecule has 0 saturated heterocycles. The molecule has 0 aliphatic carbocycles. The van der Waals surface area contributed by atoms with Crippen molar-refractivity contribution in [2.45, 2.75) is 13.8 Å². The average molecular weight is 191 g/mol. The molecule has 2 rings (SSSR count). The van der Waals surface area contributed by atoms with E-state index in [1.807, 2.05) is 19.9 Å². The predicted octanol–water partition coefficient (Wildman–Crippen LogP) is 1.39. The van der Waals surface area contributed by atoms with Crippen LogP contribution in [0.4, 0.5) is 0 Å². The van der Waals surface area contributed by atoms with E-state index in [2.05, 4.69) is 0 Å². The SMILES string of the molecule is Cc1cc(C)c2c(c1)C(=O)[O][Al][O]2. The topological polar surface area (TPSA) is 35.5 Å². The minimum atomic E-state index is -0.669. The van der Waals surface area contributed by atoms with Crippen LogP contribution in [-0.4, -0.2) is 21.9 Å². The molecule has 0 aromatic heterocycles. The highest BCUT2D eigenvalue weighted by Gasteiger charge is 2.24. The summed E-state index contributed by atoms with van der Waals surface area (Å²) in [6, 6.07) is 3.79. The van der Waals surface area contributed by atoms with Gasteiger partial charge in [0.2, 0.25) is 0 Å². The molecule has 65 valence electrons. The maximum Gasteiger partial charge on any atom is 0.884 e. The molecule has 3 nitrogen and oxygen atoms in total. The molecule has 1 aromatic carbocycles. The Balaban J connectivity index is 2.63. The van der Waals surface area contributed by atoms with Gasteiger partial charge in [-0.15, -0.1) is 0 Å². The molecule has 0 saturated carbocycles. The summed E-state index contributed by atoms with van der Waals surface area (Å²) in [4.78, 5) is 11.3. The molecule has 0 bridgehead atoms.